The van der Waals surface area contributed by atoms with E-state index in [-0.39, 0.29) is 0 Å². The zero-order valence-corrected chi connectivity index (χ0v) is 16.0. The summed E-state index contributed by atoms with van der Waals surface area (Å²) in [5.74, 6) is 1.97. The Bertz CT molecular complexity index is 244. The normalized spacial score (nSPS) is 14.5. The number of hydrogen-bond donors (Lipinski definition) is 0. The molecular weight excluding hydrogens is 268 g/mol. The summed E-state index contributed by atoms with van der Waals surface area (Å²) in [7, 11) is -5.46. The van der Waals surface area contributed by atoms with E-state index >= 15 is 0 Å². The van der Waals surface area contributed by atoms with Crippen LogP contribution >= 0.6 is 0 Å². The average Bonchev–Trinajstić information content (AvgIpc) is 1.94. The summed E-state index contributed by atoms with van der Waals surface area (Å²) in [5, 5.41) is 0. The fraction of sp³-hybridized carbons (Fsp3) is 0.889. The lowest BCUT2D eigenvalue weighted by Gasteiger charge is -2.32. The van der Waals surface area contributed by atoms with E-state index < -0.39 is 34.6 Å². The zero-order valence-electron chi connectivity index (χ0n) is 11.9. The molecule has 0 saturated heterocycles. The van der Waals surface area contributed by atoms with E-state index in [0.717, 1.165) is 0 Å². The molecule has 0 amide bonds. The highest BCUT2D eigenvalue weighted by Crippen LogP contribution is 2.16. The molecule has 0 spiro atoms. The third kappa shape index (κ3) is 9.67. The molecule has 16 heavy (non-hydrogen) atoms. The van der Waals surface area contributed by atoms with Crippen LogP contribution < -0.4 is 0 Å². The Balaban J connectivity index is 4.20. The lowest BCUT2D eigenvalue weighted by atomic mass is 11.7. The maximum absolute atomic E-state index is 6.11. The van der Waals surface area contributed by atoms with Crippen LogP contribution in [0.15, 0.2) is 0 Å². The minimum Gasteiger partial charge on any atom is -0.534 e. The summed E-state index contributed by atoms with van der Waals surface area (Å²) in [6.45, 7) is 17.3. The van der Waals surface area contributed by atoms with E-state index in [1.54, 1.807) is 0 Å². The summed E-state index contributed by atoms with van der Waals surface area (Å²) in [6, 6.07) is 0. The van der Waals surface area contributed by atoms with E-state index in [1.165, 1.54) is 0 Å². The molecule has 0 aromatic carbocycles. The summed E-state index contributed by atoms with van der Waals surface area (Å²) in [4.78, 5) is 0. The van der Waals surface area contributed by atoms with Crippen LogP contribution in [-0.4, -0.2) is 40.4 Å². The first kappa shape index (κ1) is 16.5. The van der Waals surface area contributed by atoms with E-state index in [1.807, 2.05) is 5.86 Å². The third-order valence-electron chi connectivity index (χ3n) is 1.50. The molecule has 0 heterocycles. The predicted molar refractivity (Wildman–Crippen MR) is 80.6 cm³/mol. The molecule has 0 aliphatic rings. The number of rotatable bonds is 6. The Morgan fingerprint density at radius 2 is 1.56 bits per heavy atom. The molecule has 0 aromatic rings. The van der Waals surface area contributed by atoms with Crippen LogP contribution in [0, 0.1) is 0 Å². The highest BCUT2D eigenvalue weighted by Gasteiger charge is 2.33. The van der Waals surface area contributed by atoms with Crippen LogP contribution in [0.2, 0.25) is 52.4 Å². The van der Waals surface area contributed by atoms with Crippen LogP contribution in [-0.2, 0) is 12.7 Å². The number of hydrogen-bond acceptors (Lipinski definition) is 3. The van der Waals surface area contributed by atoms with Crippen molar-refractivity contribution in [1.29, 1.82) is 0 Å². The molecule has 0 rings (SSSR count). The maximum Gasteiger partial charge on any atom is 0.369 e. The van der Waals surface area contributed by atoms with Crippen molar-refractivity contribution in [1.82, 2.24) is 0 Å². The first-order chi connectivity index (χ1) is 7.02. The van der Waals surface area contributed by atoms with Gasteiger partial charge in [0.25, 0.3) is 0 Å². The van der Waals surface area contributed by atoms with Crippen molar-refractivity contribution in [2.75, 3.05) is 0 Å². The Kier molecular flexibility index (Phi) is 6.59. The van der Waals surface area contributed by atoms with Gasteiger partial charge in [0.15, 0.2) is 8.32 Å². The summed E-state index contributed by atoms with van der Waals surface area (Å²) >= 11 is 0. The highest BCUT2D eigenvalue weighted by molar-refractivity contribution is 6.83. The van der Waals surface area contributed by atoms with E-state index in [0.29, 0.717) is 0 Å². The van der Waals surface area contributed by atoms with Gasteiger partial charge < -0.3 is 12.7 Å². The summed E-state index contributed by atoms with van der Waals surface area (Å²) in [6.07, 6.45) is 0. The van der Waals surface area contributed by atoms with Crippen molar-refractivity contribution in [3.8, 4) is 0 Å². The van der Waals surface area contributed by atoms with Crippen molar-refractivity contribution in [2.45, 2.75) is 52.4 Å². The lowest BCUT2D eigenvalue weighted by molar-refractivity contribution is 0.356. The molecule has 7 heteroatoms. The van der Waals surface area contributed by atoms with Crippen molar-refractivity contribution in [3.63, 3.8) is 0 Å². The quantitative estimate of drug-likeness (QED) is 0.705. The van der Waals surface area contributed by atoms with Gasteiger partial charge in [0, 0.05) is 14.3 Å². The molecule has 1 unspecified atom stereocenters. The van der Waals surface area contributed by atoms with Crippen molar-refractivity contribution >= 4 is 40.4 Å². The van der Waals surface area contributed by atoms with E-state index in [2.05, 4.69) is 52.4 Å². The van der Waals surface area contributed by atoms with Gasteiger partial charge in [-0.3, -0.25) is 0 Å². The SMILES string of the molecule is C[Si](C)=CO[SiH](C)O[Si](C)(C)O[Si](C)(C)C. The van der Waals surface area contributed by atoms with Crippen LogP contribution in [0.3, 0.4) is 0 Å². The van der Waals surface area contributed by atoms with Crippen LogP contribution in [0.1, 0.15) is 0 Å². The van der Waals surface area contributed by atoms with Crippen molar-refractivity contribution < 1.29 is 12.7 Å². The molecule has 0 aromatic heterocycles. The fourth-order valence-corrected chi connectivity index (χ4v) is 13.2. The van der Waals surface area contributed by atoms with Gasteiger partial charge in [0.2, 0.25) is 0 Å². The second-order valence-corrected chi connectivity index (χ2v) is 18.2. The zero-order chi connectivity index (χ0) is 13.0. The molecule has 1 atom stereocenters. The van der Waals surface area contributed by atoms with Gasteiger partial charge in [0.05, 0.1) is 0 Å². The smallest absolute Gasteiger partial charge is 0.369 e. The molecule has 0 aliphatic heterocycles. The standard InChI is InChI=1S/C9H26O3Si4/c1-13(2)9-10-14(3)11-16(7,8)12-15(4,5)6/h9,14H,1-8H3. The molecule has 0 fully saturated rings. The summed E-state index contributed by atoms with van der Waals surface area (Å²) in [5.41, 5.74) is 0. The Labute approximate surface area is 106 Å². The molecule has 3 nitrogen and oxygen atoms in total. The average molecular weight is 295 g/mol. The minimum absolute atomic E-state index is 0.428. The van der Waals surface area contributed by atoms with Gasteiger partial charge in [-0.15, -0.1) is 0 Å². The van der Waals surface area contributed by atoms with Gasteiger partial charge in [-0.25, -0.2) is 0 Å². The lowest BCUT2D eigenvalue weighted by Crippen LogP contribution is -2.48. The van der Waals surface area contributed by atoms with Crippen LogP contribution in [0.25, 0.3) is 0 Å². The monoisotopic (exact) mass is 294 g/mol. The van der Waals surface area contributed by atoms with Crippen LogP contribution in [0.4, 0.5) is 0 Å². The molecule has 0 aliphatic carbocycles. The van der Waals surface area contributed by atoms with Gasteiger partial charge in [0.1, 0.15) is 0 Å². The third-order valence-corrected chi connectivity index (χ3v) is 10.9. The van der Waals surface area contributed by atoms with Crippen molar-refractivity contribution in [2.24, 2.45) is 0 Å². The first-order valence-corrected chi connectivity index (χ1v) is 16.6. The fourth-order valence-electron chi connectivity index (χ4n) is 1.42. The van der Waals surface area contributed by atoms with Gasteiger partial charge in [-0.2, -0.15) is 0 Å². The predicted octanol–water partition coefficient (Wildman–Crippen LogP) is 2.52. The minimum atomic E-state index is -1.98. The van der Waals surface area contributed by atoms with Gasteiger partial charge in [-0.1, -0.05) is 13.1 Å². The van der Waals surface area contributed by atoms with E-state index in [4.69, 9.17) is 12.7 Å². The molecule has 0 saturated carbocycles. The molecule has 0 radical (unpaired) electrons. The Hall–Kier alpha value is 0.458. The first-order valence-electron chi connectivity index (χ1n) is 5.69. The van der Waals surface area contributed by atoms with Gasteiger partial charge >= 0.3 is 17.8 Å². The molecule has 0 N–H and O–H groups in total. The molecule has 0 bridgehead atoms. The van der Waals surface area contributed by atoms with Crippen molar-refractivity contribution in [3.05, 3.63) is 0 Å². The second kappa shape index (κ2) is 6.41. The summed E-state index contributed by atoms with van der Waals surface area (Å²) < 4.78 is 17.8. The highest BCUT2D eigenvalue weighted by atomic mass is 28.5. The second-order valence-electron chi connectivity index (χ2n) is 5.63. The Morgan fingerprint density at radius 3 is 1.94 bits per heavy atom. The molecular formula is C9H26O3Si4. The van der Waals surface area contributed by atoms with Crippen LogP contribution in [0.5, 0.6) is 0 Å². The maximum atomic E-state index is 6.11. The Morgan fingerprint density at radius 1 is 1.06 bits per heavy atom. The van der Waals surface area contributed by atoms with E-state index in [9.17, 15) is 0 Å². The largest absolute Gasteiger partial charge is 0.534 e. The topological polar surface area (TPSA) is 27.7 Å². The molecule has 96 valence electrons. The van der Waals surface area contributed by atoms with Gasteiger partial charge in [-0.05, 0) is 39.3 Å².